The SMILES string of the molecule is CC(C(=O)Nc1ccc(NC(=O)c2cc([N+](=O)[O-])cc(S(C)(=O)=O)c2)cc1)n1cncn1. The average Bonchev–Trinajstić information content (AvgIpc) is 3.28. The van der Waals surface area contributed by atoms with Crippen LogP contribution in [-0.2, 0) is 14.6 Å². The Hall–Kier alpha value is -4.13. The highest BCUT2D eigenvalue weighted by molar-refractivity contribution is 7.90. The van der Waals surface area contributed by atoms with Crippen LogP contribution in [0.5, 0.6) is 0 Å². The molecule has 32 heavy (non-hydrogen) atoms. The topological polar surface area (TPSA) is 166 Å². The third-order valence-electron chi connectivity index (χ3n) is 4.42. The van der Waals surface area contributed by atoms with Gasteiger partial charge in [0.15, 0.2) is 9.84 Å². The lowest BCUT2D eigenvalue weighted by molar-refractivity contribution is -0.385. The first-order chi connectivity index (χ1) is 15.0. The second-order valence-corrected chi connectivity index (χ2v) is 8.83. The number of hydrogen-bond donors (Lipinski definition) is 2. The molecule has 2 aromatic carbocycles. The summed E-state index contributed by atoms with van der Waals surface area (Å²) < 4.78 is 25.0. The van der Waals surface area contributed by atoms with Crippen LogP contribution < -0.4 is 10.6 Å². The lowest BCUT2D eigenvalue weighted by Crippen LogP contribution is -2.24. The summed E-state index contributed by atoms with van der Waals surface area (Å²) in [5, 5.41) is 20.2. The molecule has 3 rings (SSSR count). The number of nitro benzene ring substituents is 1. The Balaban J connectivity index is 1.73. The molecular weight excluding hydrogens is 440 g/mol. The molecule has 0 bridgehead atoms. The Morgan fingerprint density at radius 1 is 1.09 bits per heavy atom. The van der Waals surface area contributed by atoms with Crippen LogP contribution in [0.25, 0.3) is 0 Å². The van der Waals surface area contributed by atoms with Crippen molar-refractivity contribution in [1.82, 2.24) is 14.8 Å². The largest absolute Gasteiger partial charge is 0.324 e. The first-order valence-electron chi connectivity index (χ1n) is 9.10. The Morgan fingerprint density at radius 2 is 1.72 bits per heavy atom. The molecule has 1 unspecified atom stereocenters. The molecule has 0 radical (unpaired) electrons. The van der Waals surface area contributed by atoms with Gasteiger partial charge in [0.05, 0.1) is 9.82 Å². The molecule has 0 saturated heterocycles. The molecule has 12 nitrogen and oxygen atoms in total. The number of nitro groups is 1. The van der Waals surface area contributed by atoms with Crippen molar-refractivity contribution in [3.05, 3.63) is 70.8 Å². The van der Waals surface area contributed by atoms with Crippen LogP contribution in [0.4, 0.5) is 17.1 Å². The fourth-order valence-corrected chi connectivity index (χ4v) is 3.33. The quantitative estimate of drug-likeness (QED) is 0.401. The van der Waals surface area contributed by atoms with Gasteiger partial charge in [-0.05, 0) is 37.3 Å². The minimum atomic E-state index is -3.76. The molecule has 13 heteroatoms. The van der Waals surface area contributed by atoms with Crippen LogP contribution in [0.3, 0.4) is 0 Å². The first-order valence-corrected chi connectivity index (χ1v) is 11.0. The van der Waals surface area contributed by atoms with Crippen molar-refractivity contribution in [2.75, 3.05) is 16.9 Å². The van der Waals surface area contributed by atoms with Crippen molar-refractivity contribution in [2.45, 2.75) is 17.9 Å². The van der Waals surface area contributed by atoms with Crippen molar-refractivity contribution >= 4 is 38.7 Å². The van der Waals surface area contributed by atoms with Crippen LogP contribution in [-0.4, -0.2) is 46.2 Å². The number of benzene rings is 2. The van der Waals surface area contributed by atoms with E-state index in [1.165, 1.54) is 29.5 Å². The molecule has 0 fully saturated rings. The van der Waals surface area contributed by atoms with Gasteiger partial charge in [-0.3, -0.25) is 19.7 Å². The molecule has 1 atom stereocenters. The number of hydrogen-bond acceptors (Lipinski definition) is 8. The molecule has 0 aliphatic carbocycles. The van der Waals surface area contributed by atoms with E-state index in [-0.39, 0.29) is 16.4 Å². The highest BCUT2D eigenvalue weighted by Crippen LogP contribution is 2.22. The maximum Gasteiger partial charge on any atom is 0.271 e. The zero-order valence-electron chi connectivity index (χ0n) is 16.9. The predicted molar refractivity (Wildman–Crippen MR) is 114 cm³/mol. The van der Waals surface area contributed by atoms with E-state index in [9.17, 15) is 28.1 Å². The maximum atomic E-state index is 12.5. The zero-order valence-corrected chi connectivity index (χ0v) is 17.7. The average molecular weight is 458 g/mol. The number of amides is 2. The van der Waals surface area contributed by atoms with Gasteiger partial charge in [0.2, 0.25) is 5.91 Å². The molecule has 3 aromatic rings. The van der Waals surface area contributed by atoms with Gasteiger partial charge < -0.3 is 10.6 Å². The molecule has 1 heterocycles. The van der Waals surface area contributed by atoms with Gasteiger partial charge in [0.1, 0.15) is 18.7 Å². The minimum Gasteiger partial charge on any atom is -0.324 e. The third-order valence-corrected chi connectivity index (χ3v) is 5.51. The number of nitrogens with zero attached hydrogens (tertiary/aromatic N) is 4. The molecule has 0 aliphatic rings. The smallest absolute Gasteiger partial charge is 0.271 e. The van der Waals surface area contributed by atoms with Crippen LogP contribution in [0.15, 0.2) is 60.0 Å². The fraction of sp³-hybridized carbons (Fsp3) is 0.158. The van der Waals surface area contributed by atoms with E-state index in [0.29, 0.717) is 11.4 Å². The van der Waals surface area contributed by atoms with Crippen molar-refractivity contribution in [3.63, 3.8) is 0 Å². The van der Waals surface area contributed by atoms with Gasteiger partial charge in [-0.1, -0.05) is 0 Å². The van der Waals surface area contributed by atoms with Crippen molar-refractivity contribution < 1.29 is 22.9 Å². The molecule has 166 valence electrons. The van der Waals surface area contributed by atoms with E-state index in [4.69, 9.17) is 0 Å². The van der Waals surface area contributed by atoms with Crippen molar-refractivity contribution in [2.24, 2.45) is 0 Å². The van der Waals surface area contributed by atoms with Crippen molar-refractivity contribution in [3.8, 4) is 0 Å². The molecule has 2 N–H and O–H groups in total. The van der Waals surface area contributed by atoms with Crippen LogP contribution in [0.1, 0.15) is 23.3 Å². The van der Waals surface area contributed by atoms with E-state index >= 15 is 0 Å². The second-order valence-electron chi connectivity index (χ2n) is 6.82. The monoisotopic (exact) mass is 458 g/mol. The van der Waals surface area contributed by atoms with Crippen LogP contribution in [0.2, 0.25) is 0 Å². The van der Waals surface area contributed by atoms with Crippen LogP contribution >= 0.6 is 0 Å². The van der Waals surface area contributed by atoms with Gasteiger partial charge in [-0.2, -0.15) is 5.10 Å². The molecule has 1 aromatic heterocycles. The summed E-state index contributed by atoms with van der Waals surface area (Å²) in [5.74, 6) is -1.05. The summed E-state index contributed by atoms with van der Waals surface area (Å²) in [5.41, 5.74) is 0.107. The maximum absolute atomic E-state index is 12.5. The van der Waals surface area contributed by atoms with Crippen molar-refractivity contribution in [1.29, 1.82) is 0 Å². The summed E-state index contributed by atoms with van der Waals surface area (Å²) in [4.78, 5) is 38.6. The van der Waals surface area contributed by atoms with Gasteiger partial charge in [0.25, 0.3) is 11.6 Å². The Bertz CT molecular complexity index is 1270. The number of aromatic nitrogens is 3. The second kappa shape index (κ2) is 8.93. The molecule has 2 amide bonds. The van der Waals surface area contributed by atoms with Crippen LogP contribution in [0, 0.1) is 10.1 Å². The van der Waals surface area contributed by atoms with Gasteiger partial charge in [-0.15, -0.1) is 0 Å². The summed E-state index contributed by atoms with van der Waals surface area (Å²) in [6, 6.07) is 8.50. The highest BCUT2D eigenvalue weighted by Gasteiger charge is 2.19. The standard InChI is InChI=1S/C19H18N6O6S/c1-12(24-11-20-10-21-24)18(26)22-14-3-5-15(6-4-14)23-19(27)13-7-16(25(28)29)9-17(8-13)32(2,30)31/h3-12H,1-2H3,(H,22,26)(H,23,27). The molecule has 0 saturated carbocycles. The van der Waals surface area contributed by atoms with E-state index in [2.05, 4.69) is 20.7 Å². The van der Waals surface area contributed by atoms with E-state index < -0.39 is 32.4 Å². The third kappa shape index (κ3) is 5.31. The summed E-state index contributed by atoms with van der Waals surface area (Å²) in [7, 11) is -3.76. The summed E-state index contributed by atoms with van der Waals surface area (Å²) in [6.45, 7) is 1.66. The molecular formula is C19H18N6O6S. The Morgan fingerprint density at radius 3 is 2.25 bits per heavy atom. The molecule has 0 spiro atoms. The molecule has 0 aliphatic heterocycles. The number of nitrogens with one attached hydrogen (secondary N) is 2. The normalized spacial score (nSPS) is 12.1. The van der Waals surface area contributed by atoms with Gasteiger partial charge in [-0.25, -0.2) is 18.1 Å². The lowest BCUT2D eigenvalue weighted by Gasteiger charge is -2.12. The number of rotatable bonds is 7. The number of anilines is 2. The Labute approximate surface area is 182 Å². The fourth-order valence-electron chi connectivity index (χ4n) is 2.66. The summed E-state index contributed by atoms with van der Waals surface area (Å²) >= 11 is 0. The number of carbonyl (C=O) groups excluding carboxylic acids is 2. The van der Waals surface area contributed by atoms with Gasteiger partial charge in [0, 0.05) is 35.3 Å². The zero-order chi connectivity index (χ0) is 23.5. The number of carbonyl (C=O) groups is 2. The minimum absolute atomic E-state index is 0.182. The summed E-state index contributed by atoms with van der Waals surface area (Å²) in [6.07, 6.45) is 3.64. The first kappa shape index (κ1) is 22.6. The number of non-ortho nitro benzene ring substituents is 1. The number of sulfone groups is 1. The highest BCUT2D eigenvalue weighted by atomic mass is 32.2. The Kier molecular flexibility index (Phi) is 6.30. The van der Waals surface area contributed by atoms with E-state index in [1.807, 2.05) is 0 Å². The van der Waals surface area contributed by atoms with E-state index in [0.717, 1.165) is 24.5 Å². The predicted octanol–water partition coefficient (Wildman–Crippen LogP) is 2.04. The van der Waals surface area contributed by atoms with E-state index in [1.54, 1.807) is 19.1 Å². The van der Waals surface area contributed by atoms with Gasteiger partial charge >= 0.3 is 0 Å². The lowest BCUT2D eigenvalue weighted by atomic mass is 10.2.